The van der Waals surface area contributed by atoms with Crippen LogP contribution in [0.3, 0.4) is 0 Å². The van der Waals surface area contributed by atoms with Gasteiger partial charge in [0.25, 0.3) is 0 Å². The smallest absolute Gasteiger partial charge is 0.192 e. The van der Waals surface area contributed by atoms with Crippen molar-refractivity contribution < 1.29 is 28.8 Å². The molecule has 0 bridgehead atoms. The van der Waals surface area contributed by atoms with E-state index in [1.807, 2.05) is 0 Å². The van der Waals surface area contributed by atoms with Gasteiger partial charge in [0.2, 0.25) is 0 Å². The maximum atomic E-state index is 12.2. The largest absolute Gasteiger partial charge is 0.414 e. The lowest BCUT2D eigenvalue weighted by atomic mass is 9.63. The van der Waals surface area contributed by atoms with Crippen LogP contribution in [0.2, 0.25) is 18.1 Å². The summed E-state index contributed by atoms with van der Waals surface area (Å²) in [4.78, 5) is 27.2. The molecule has 0 radical (unpaired) electrons. The van der Waals surface area contributed by atoms with E-state index < -0.39 is 8.32 Å². The third kappa shape index (κ3) is 14.3. The van der Waals surface area contributed by atoms with Crippen LogP contribution in [0, 0.1) is 69.5 Å². The molecule has 0 aromatic rings. The molecule has 10 heteroatoms. The fraction of sp³-hybridized carbons (Fsp3) is 0.758. The van der Waals surface area contributed by atoms with Gasteiger partial charge in [0.15, 0.2) is 8.32 Å². The summed E-state index contributed by atoms with van der Waals surface area (Å²) in [5.41, 5.74) is 8.69. The number of aliphatic hydroxyl groups is 1. The van der Waals surface area contributed by atoms with Crippen LogP contribution in [0.15, 0.2) is 86.9 Å². The van der Waals surface area contributed by atoms with E-state index in [9.17, 15) is 9.90 Å². The third-order valence-electron chi connectivity index (χ3n) is 20.7. The molecule has 0 aromatic heterocycles. The van der Waals surface area contributed by atoms with E-state index >= 15 is 0 Å². The minimum Gasteiger partial charge on any atom is -0.414 e. The molecule has 424 valence electrons. The van der Waals surface area contributed by atoms with E-state index in [-0.39, 0.29) is 27.9 Å². The first-order valence-corrected chi connectivity index (χ1v) is 33.4. The highest BCUT2D eigenvalue weighted by Crippen LogP contribution is 2.58. The summed E-state index contributed by atoms with van der Waals surface area (Å²) in [5, 5.41) is 23.1. The average molecular weight is 1060 g/mol. The highest BCUT2D eigenvalue weighted by atomic mass is 28.4. The Balaban J connectivity index is 0.000000168. The van der Waals surface area contributed by atoms with Crippen LogP contribution in [-0.4, -0.2) is 69.9 Å². The van der Waals surface area contributed by atoms with Crippen molar-refractivity contribution in [3.8, 4) is 0 Å². The lowest BCUT2D eigenvalue weighted by molar-refractivity contribution is -0.128. The van der Waals surface area contributed by atoms with Crippen LogP contribution >= 0.6 is 0 Å². The fourth-order valence-corrected chi connectivity index (χ4v) is 16.1. The van der Waals surface area contributed by atoms with Gasteiger partial charge in [-0.3, -0.25) is 4.79 Å². The van der Waals surface area contributed by atoms with Gasteiger partial charge in [-0.2, -0.15) is 0 Å². The summed E-state index contributed by atoms with van der Waals surface area (Å²) in [6, 6.07) is 0. The van der Waals surface area contributed by atoms with Crippen molar-refractivity contribution >= 4 is 31.2 Å². The normalized spacial score (nSPS) is 33.3. The molecule has 0 aliphatic heterocycles. The van der Waals surface area contributed by atoms with Gasteiger partial charge in [0.1, 0.15) is 27.1 Å². The Morgan fingerprint density at radius 2 is 1.01 bits per heavy atom. The van der Waals surface area contributed by atoms with Crippen molar-refractivity contribution in [1.82, 2.24) is 0 Å². The van der Waals surface area contributed by atoms with E-state index in [0.29, 0.717) is 64.6 Å². The third-order valence-corrected chi connectivity index (χ3v) is 25.2. The Kier molecular flexibility index (Phi) is 20.5. The molecule has 6 fully saturated rings. The molecule has 11 atom stereocenters. The van der Waals surface area contributed by atoms with Crippen molar-refractivity contribution in [2.45, 2.75) is 227 Å². The molecule has 9 aliphatic rings. The molecule has 6 saturated carbocycles. The second-order valence-electron chi connectivity index (χ2n) is 27.3. The fourth-order valence-electron chi connectivity index (χ4n) is 14.8. The molecule has 0 aromatic carbocycles. The number of oxime groups is 3. The zero-order chi connectivity index (χ0) is 55.1. The molecule has 9 aliphatic carbocycles. The van der Waals surface area contributed by atoms with Crippen molar-refractivity contribution in [2.75, 3.05) is 21.3 Å². The molecule has 0 spiro atoms. The first-order chi connectivity index (χ1) is 36.1. The van der Waals surface area contributed by atoms with Crippen LogP contribution in [0.25, 0.3) is 0 Å². The second-order valence-corrected chi connectivity index (χ2v) is 32.1. The van der Waals surface area contributed by atoms with E-state index in [2.05, 4.69) is 146 Å². The van der Waals surface area contributed by atoms with E-state index in [0.717, 1.165) is 74.9 Å². The SMILES string of the molecule is CO/N=C(\C=C\C[C@@H](C)C1=CC[C@H]2C(=O)CCC[C@]12C)C1CC1.CO/N=C(\C=C\C[C@@H](C)C1=CC[C@H]2C(O)CCC[C@]12C)C1CC1.CO/N=C(\C=C\C[C@@H](C)C1=CC[C@H]2C(O[Si](C)(C)C(C)(C)C)CCC[C@]12C)C1CC1. The van der Waals surface area contributed by atoms with E-state index in [1.165, 1.54) is 82.6 Å². The average Bonchev–Trinajstić information content (AvgIpc) is 4.28. The van der Waals surface area contributed by atoms with Crippen molar-refractivity contribution in [3.05, 3.63) is 71.4 Å². The quantitative estimate of drug-likeness (QED) is 0.0563. The molecule has 0 amide bonds. The number of nitrogens with zero attached hydrogens (tertiary/aromatic N) is 3. The number of ketones is 1. The monoisotopic (exact) mass is 1060 g/mol. The van der Waals surface area contributed by atoms with Gasteiger partial charge >= 0.3 is 0 Å². The highest BCUT2D eigenvalue weighted by molar-refractivity contribution is 6.74. The Bertz CT molecular complexity index is 2270. The number of carbonyl (C=O) groups excluding carboxylic acids is 1. The summed E-state index contributed by atoms with van der Waals surface area (Å²) in [6.07, 6.45) is 45.0. The van der Waals surface area contributed by atoms with Gasteiger partial charge in [0.05, 0.1) is 23.2 Å². The first kappa shape index (κ1) is 60.3. The summed E-state index contributed by atoms with van der Waals surface area (Å²) in [7, 11) is 3.14. The van der Waals surface area contributed by atoms with E-state index in [4.69, 9.17) is 18.9 Å². The highest BCUT2D eigenvalue weighted by Gasteiger charge is 2.52. The second kappa shape index (κ2) is 25.8. The minimum absolute atomic E-state index is 0.111. The lowest BCUT2D eigenvalue weighted by Crippen LogP contribution is -2.49. The van der Waals surface area contributed by atoms with Crippen molar-refractivity contribution in [3.63, 3.8) is 0 Å². The molecule has 0 saturated heterocycles. The van der Waals surface area contributed by atoms with Gasteiger partial charge < -0.3 is 24.0 Å². The van der Waals surface area contributed by atoms with Gasteiger partial charge in [-0.05, 0) is 204 Å². The molecule has 2 unspecified atom stereocenters. The number of hydrogen-bond donors (Lipinski definition) is 1. The predicted molar refractivity (Wildman–Crippen MR) is 318 cm³/mol. The van der Waals surface area contributed by atoms with Crippen LogP contribution < -0.4 is 0 Å². The number of Topliss-reactive ketones (excluding diaryl/α,β-unsaturated/α-hetero) is 1. The van der Waals surface area contributed by atoms with E-state index in [1.54, 1.807) is 32.5 Å². The van der Waals surface area contributed by atoms with Crippen LogP contribution in [-0.2, 0) is 23.7 Å². The van der Waals surface area contributed by atoms with Crippen molar-refractivity contribution in [1.29, 1.82) is 0 Å². The summed E-state index contributed by atoms with van der Waals surface area (Å²) in [5.74, 6) is 5.26. The zero-order valence-electron chi connectivity index (χ0n) is 50.2. The number of rotatable bonds is 20. The summed E-state index contributed by atoms with van der Waals surface area (Å²) in [6.45, 7) is 26.2. The molecule has 9 nitrogen and oxygen atoms in total. The molecule has 9 rings (SSSR count). The predicted octanol–water partition coefficient (Wildman–Crippen LogP) is 16.7. The zero-order valence-corrected chi connectivity index (χ0v) is 51.2. The van der Waals surface area contributed by atoms with Gasteiger partial charge in [0, 0.05) is 36.2 Å². The topological polar surface area (TPSA) is 111 Å². The summed E-state index contributed by atoms with van der Waals surface area (Å²) < 4.78 is 6.99. The maximum absolute atomic E-state index is 12.2. The Morgan fingerprint density at radius 3 is 1.45 bits per heavy atom. The molecular weight excluding hydrogens is 959 g/mol. The molecule has 1 N–H and O–H groups in total. The van der Waals surface area contributed by atoms with Crippen molar-refractivity contribution in [2.24, 2.45) is 85.0 Å². The number of aliphatic hydroxyl groups excluding tert-OH is 1. The number of hydrogen-bond acceptors (Lipinski definition) is 9. The summed E-state index contributed by atoms with van der Waals surface area (Å²) >= 11 is 0. The number of allylic oxidation sites excluding steroid dienone is 12. The van der Waals surface area contributed by atoms with Crippen LogP contribution in [0.4, 0.5) is 0 Å². The number of fused-ring (bicyclic) bond motifs is 3. The Labute approximate surface area is 463 Å². The van der Waals surface area contributed by atoms with Crippen LogP contribution in [0.5, 0.6) is 0 Å². The standard InChI is InChI=1S/C26H45NO2Si.C20H31NO2.C20H29NO2/c1-19(11-9-12-23(27-28-6)20-14-15-20)21-16-17-22-24(13-10-18-26(21,22)5)29-30(7,8)25(2,3)4;2*1-14(6-4-7-18(21-23-3)15-9-10-15)16-11-12-17-19(22)8-5-13-20(16,17)2/h9,12,16,19-20,22,24H,10-11,13-15,17-18H2,1-8H3;4,7,11,14-15,17,19,22H,5-6,8-10,12-13H2,1-3H3;4,7,11,14-15,17H,5-6,8-10,12-13H2,1-3H3/b12-9+,27-23+;2*7-4+,21-18+/t19-,22+,24?,26-;14-,17+,19?,20-;14-,17+,20-/m111/s1. The Morgan fingerprint density at radius 1 is 0.618 bits per heavy atom. The Hall–Kier alpha value is -3.34. The molecule has 76 heavy (non-hydrogen) atoms. The van der Waals surface area contributed by atoms with Crippen LogP contribution in [0.1, 0.15) is 197 Å². The molecule has 0 heterocycles. The minimum atomic E-state index is -1.74. The molecular formula is C66H105N3O6Si. The maximum Gasteiger partial charge on any atom is 0.192 e. The first-order valence-electron chi connectivity index (χ1n) is 30.4. The van der Waals surface area contributed by atoms with Gasteiger partial charge in [-0.25, -0.2) is 0 Å². The van der Waals surface area contributed by atoms with Gasteiger partial charge in [-0.1, -0.05) is 137 Å². The lowest BCUT2D eigenvalue weighted by Gasteiger charge is -2.49. The van der Waals surface area contributed by atoms with Gasteiger partial charge in [-0.15, -0.1) is 0 Å². The number of carbonyl (C=O) groups is 1.